The number of benzene rings is 1. The number of oxime groups is 1. The number of nitrogens with two attached hydrogens (primary N) is 1. The monoisotopic (exact) mass is 263 g/mol. The van der Waals surface area contributed by atoms with Gasteiger partial charge in [-0.25, -0.2) is 9.67 Å². The van der Waals surface area contributed by atoms with Crippen LogP contribution < -0.4 is 5.73 Å². The van der Waals surface area contributed by atoms with Crippen molar-refractivity contribution in [2.75, 3.05) is 0 Å². The molecule has 0 spiro atoms. The third kappa shape index (κ3) is 2.45. The van der Waals surface area contributed by atoms with Crippen LogP contribution >= 0.6 is 11.8 Å². The minimum absolute atomic E-state index is 0.0865. The van der Waals surface area contributed by atoms with Gasteiger partial charge in [0.05, 0.1) is 0 Å². The number of nitrogens with zero attached hydrogens (tertiary/aromatic N) is 4. The Morgan fingerprint density at radius 1 is 1.50 bits per heavy atom. The number of aromatic nitrogens is 3. The molecular weight excluding hydrogens is 250 g/mol. The number of hydrogen-bond acceptors (Lipinski definition) is 5. The highest BCUT2D eigenvalue weighted by Gasteiger charge is 2.11. The standard InChI is InChI=1S/C11H13N5OS/c1-7-3-4-9(8(5-7)10(12)15-17)18-11-13-6-14-16(11)2/h3-6,17H,1-2H3,(H2,12,15). The molecule has 18 heavy (non-hydrogen) atoms. The summed E-state index contributed by atoms with van der Waals surface area (Å²) in [7, 11) is 1.81. The Hall–Kier alpha value is -2.02. The highest BCUT2D eigenvalue weighted by Crippen LogP contribution is 2.29. The first-order chi connectivity index (χ1) is 8.61. The molecule has 0 aliphatic carbocycles. The lowest BCUT2D eigenvalue weighted by atomic mass is 10.1. The molecule has 0 fully saturated rings. The van der Waals surface area contributed by atoms with Crippen molar-refractivity contribution in [3.05, 3.63) is 35.7 Å². The molecule has 0 saturated carbocycles. The number of rotatable bonds is 3. The first-order valence-corrected chi connectivity index (χ1v) is 6.04. The molecule has 94 valence electrons. The second-order valence-corrected chi connectivity index (χ2v) is 4.76. The van der Waals surface area contributed by atoms with Gasteiger partial charge in [-0.05, 0) is 30.8 Å². The van der Waals surface area contributed by atoms with Gasteiger partial charge < -0.3 is 10.9 Å². The second-order valence-electron chi connectivity index (χ2n) is 3.75. The third-order valence-electron chi connectivity index (χ3n) is 2.39. The summed E-state index contributed by atoms with van der Waals surface area (Å²) >= 11 is 1.42. The minimum atomic E-state index is 0.0865. The predicted molar refractivity (Wildman–Crippen MR) is 68.8 cm³/mol. The van der Waals surface area contributed by atoms with Gasteiger partial charge >= 0.3 is 0 Å². The average Bonchev–Trinajstić information content (AvgIpc) is 2.76. The molecule has 0 unspecified atom stereocenters. The Kier molecular flexibility index (Phi) is 3.52. The van der Waals surface area contributed by atoms with E-state index >= 15 is 0 Å². The Morgan fingerprint density at radius 3 is 2.89 bits per heavy atom. The molecular formula is C11H13N5OS. The molecule has 1 heterocycles. The van der Waals surface area contributed by atoms with E-state index in [1.54, 1.807) is 4.68 Å². The lowest BCUT2D eigenvalue weighted by Gasteiger charge is -2.08. The number of amidine groups is 1. The van der Waals surface area contributed by atoms with Gasteiger partial charge in [-0.3, -0.25) is 0 Å². The second kappa shape index (κ2) is 5.09. The predicted octanol–water partition coefficient (Wildman–Crippen LogP) is 1.37. The zero-order valence-electron chi connectivity index (χ0n) is 10.0. The zero-order valence-corrected chi connectivity index (χ0v) is 10.8. The molecule has 6 nitrogen and oxygen atoms in total. The van der Waals surface area contributed by atoms with E-state index in [0.29, 0.717) is 5.56 Å². The molecule has 0 saturated heterocycles. The van der Waals surface area contributed by atoms with Gasteiger partial charge in [0.15, 0.2) is 11.0 Å². The molecule has 0 atom stereocenters. The van der Waals surface area contributed by atoms with Crippen LogP contribution in [0.5, 0.6) is 0 Å². The van der Waals surface area contributed by atoms with Crippen molar-refractivity contribution >= 4 is 17.6 Å². The van der Waals surface area contributed by atoms with Crippen LogP contribution in [0.4, 0.5) is 0 Å². The topological polar surface area (TPSA) is 89.3 Å². The molecule has 0 aliphatic heterocycles. The number of aryl methyl sites for hydroxylation is 2. The Balaban J connectivity index is 2.42. The third-order valence-corrected chi connectivity index (χ3v) is 3.52. The first-order valence-electron chi connectivity index (χ1n) is 5.22. The van der Waals surface area contributed by atoms with E-state index in [-0.39, 0.29) is 5.84 Å². The molecule has 2 aromatic rings. The first kappa shape index (κ1) is 12.4. The van der Waals surface area contributed by atoms with E-state index in [0.717, 1.165) is 15.6 Å². The summed E-state index contributed by atoms with van der Waals surface area (Å²) < 4.78 is 1.67. The molecule has 1 aromatic carbocycles. The van der Waals surface area contributed by atoms with Crippen LogP contribution in [0.25, 0.3) is 0 Å². The van der Waals surface area contributed by atoms with Crippen molar-refractivity contribution in [2.24, 2.45) is 17.9 Å². The average molecular weight is 263 g/mol. The fraction of sp³-hybridized carbons (Fsp3) is 0.182. The van der Waals surface area contributed by atoms with Gasteiger partial charge in [-0.15, -0.1) is 0 Å². The van der Waals surface area contributed by atoms with Crippen LogP contribution in [0.3, 0.4) is 0 Å². The molecule has 2 rings (SSSR count). The SMILES string of the molecule is Cc1ccc(Sc2ncnn2C)c(/C(N)=N/O)c1. The van der Waals surface area contributed by atoms with Crippen molar-refractivity contribution in [3.8, 4) is 0 Å². The van der Waals surface area contributed by atoms with E-state index in [2.05, 4.69) is 15.2 Å². The van der Waals surface area contributed by atoms with Crippen molar-refractivity contribution in [1.29, 1.82) is 0 Å². The molecule has 3 N–H and O–H groups in total. The normalized spacial score (nSPS) is 11.8. The van der Waals surface area contributed by atoms with Crippen LogP contribution in [0, 0.1) is 6.92 Å². The van der Waals surface area contributed by atoms with E-state index in [1.807, 2.05) is 32.2 Å². The van der Waals surface area contributed by atoms with E-state index in [4.69, 9.17) is 10.9 Å². The van der Waals surface area contributed by atoms with Crippen LogP contribution in [0.1, 0.15) is 11.1 Å². The quantitative estimate of drug-likeness (QED) is 0.378. The van der Waals surface area contributed by atoms with Crippen molar-refractivity contribution in [1.82, 2.24) is 14.8 Å². The maximum atomic E-state index is 8.80. The smallest absolute Gasteiger partial charge is 0.190 e. The van der Waals surface area contributed by atoms with Gasteiger partial charge in [0, 0.05) is 17.5 Å². The summed E-state index contributed by atoms with van der Waals surface area (Å²) in [6.07, 6.45) is 1.49. The summed E-state index contributed by atoms with van der Waals surface area (Å²) in [5, 5.41) is 16.6. The minimum Gasteiger partial charge on any atom is -0.409 e. The summed E-state index contributed by atoms with van der Waals surface area (Å²) in [6, 6.07) is 5.75. The van der Waals surface area contributed by atoms with Gasteiger partial charge in [-0.1, -0.05) is 16.8 Å². The van der Waals surface area contributed by atoms with Gasteiger partial charge in [0.25, 0.3) is 0 Å². The Labute approximate surface area is 109 Å². The Morgan fingerprint density at radius 2 is 2.28 bits per heavy atom. The van der Waals surface area contributed by atoms with E-state index < -0.39 is 0 Å². The summed E-state index contributed by atoms with van der Waals surface area (Å²) in [5.41, 5.74) is 7.40. The van der Waals surface area contributed by atoms with Crippen LogP contribution in [-0.4, -0.2) is 25.8 Å². The summed E-state index contributed by atoms with van der Waals surface area (Å²) in [6.45, 7) is 1.95. The van der Waals surface area contributed by atoms with Crippen molar-refractivity contribution in [2.45, 2.75) is 17.0 Å². The van der Waals surface area contributed by atoms with Crippen LogP contribution in [0.15, 0.2) is 39.7 Å². The maximum absolute atomic E-state index is 8.80. The Bertz CT molecular complexity index is 593. The largest absolute Gasteiger partial charge is 0.409 e. The van der Waals surface area contributed by atoms with E-state index in [1.165, 1.54) is 18.1 Å². The maximum Gasteiger partial charge on any atom is 0.190 e. The van der Waals surface area contributed by atoms with Gasteiger partial charge in [-0.2, -0.15) is 5.10 Å². The van der Waals surface area contributed by atoms with Gasteiger partial charge in [0.1, 0.15) is 6.33 Å². The molecule has 0 radical (unpaired) electrons. The highest BCUT2D eigenvalue weighted by molar-refractivity contribution is 7.99. The van der Waals surface area contributed by atoms with Gasteiger partial charge in [0.2, 0.25) is 0 Å². The van der Waals surface area contributed by atoms with Crippen LogP contribution in [0.2, 0.25) is 0 Å². The zero-order chi connectivity index (χ0) is 13.1. The fourth-order valence-electron chi connectivity index (χ4n) is 1.46. The molecule has 0 bridgehead atoms. The fourth-order valence-corrected chi connectivity index (χ4v) is 2.35. The van der Waals surface area contributed by atoms with Crippen molar-refractivity contribution in [3.63, 3.8) is 0 Å². The highest BCUT2D eigenvalue weighted by atomic mass is 32.2. The lowest BCUT2D eigenvalue weighted by Crippen LogP contribution is -2.14. The summed E-state index contributed by atoms with van der Waals surface area (Å²) in [4.78, 5) is 5.00. The summed E-state index contributed by atoms with van der Waals surface area (Å²) in [5.74, 6) is 0.0865. The van der Waals surface area contributed by atoms with Crippen LogP contribution in [-0.2, 0) is 7.05 Å². The molecule has 1 aromatic heterocycles. The molecule has 0 amide bonds. The molecule has 7 heteroatoms. The lowest BCUT2D eigenvalue weighted by molar-refractivity contribution is 0.318. The number of hydrogen-bond donors (Lipinski definition) is 2. The molecule has 0 aliphatic rings. The van der Waals surface area contributed by atoms with E-state index in [9.17, 15) is 0 Å². The van der Waals surface area contributed by atoms with Crippen molar-refractivity contribution < 1.29 is 5.21 Å².